The maximum absolute atomic E-state index is 13.1. The smallest absolute Gasteiger partial charge is 0.449 e. The summed E-state index contributed by atoms with van der Waals surface area (Å²) in [4.78, 5) is 16.4. The molecule has 0 fully saturated rings. The Balaban J connectivity index is 1.74. The van der Waals surface area contributed by atoms with Crippen molar-refractivity contribution >= 4 is 38.5 Å². The molecule has 0 unspecified atom stereocenters. The van der Waals surface area contributed by atoms with Gasteiger partial charge in [0.25, 0.3) is 10.0 Å². The highest BCUT2D eigenvalue weighted by Crippen LogP contribution is 2.39. The van der Waals surface area contributed by atoms with Crippen LogP contribution in [0.25, 0.3) is 22.0 Å². The number of fused-ring (bicyclic) bond motifs is 1. The van der Waals surface area contributed by atoms with Gasteiger partial charge in [0.15, 0.2) is 0 Å². The summed E-state index contributed by atoms with van der Waals surface area (Å²) < 4.78 is 33.8. The minimum Gasteiger partial charge on any atom is -0.449 e. The second-order valence-electron chi connectivity index (χ2n) is 9.78. The Bertz CT molecular complexity index is 1510. The molecule has 0 saturated carbocycles. The number of nitrogens with zero attached hydrogens (tertiary/aromatic N) is 1. The Labute approximate surface area is 210 Å². The van der Waals surface area contributed by atoms with Crippen LogP contribution in [-0.2, 0) is 15.4 Å². The third kappa shape index (κ3) is 5.16. The summed E-state index contributed by atoms with van der Waals surface area (Å²) in [7, 11) is 0.0105. The molecule has 9 heteroatoms. The summed E-state index contributed by atoms with van der Waals surface area (Å²) in [5.74, 6) is 0.0629. The molecule has 3 aromatic carbocycles. The summed E-state index contributed by atoms with van der Waals surface area (Å²) >= 11 is 0. The molecule has 0 aliphatic rings. The molecule has 3 N–H and O–H groups in total. The molecule has 0 amide bonds. The van der Waals surface area contributed by atoms with Crippen LogP contribution < -0.4 is 14.4 Å². The van der Waals surface area contributed by atoms with E-state index in [-0.39, 0.29) is 16.2 Å². The van der Waals surface area contributed by atoms with Gasteiger partial charge in [0.2, 0.25) is 5.88 Å². The van der Waals surface area contributed by atoms with Crippen LogP contribution in [0.2, 0.25) is 0 Å². The summed E-state index contributed by atoms with van der Waals surface area (Å²) in [6, 6.07) is 19.3. The third-order valence-corrected chi connectivity index (χ3v) is 7.31. The average Bonchev–Trinajstić information content (AvgIpc) is 3.14. The Morgan fingerprint density at radius 2 is 1.61 bits per heavy atom. The molecule has 8 nitrogen and oxygen atoms in total. The molecule has 4 aromatic rings. The van der Waals surface area contributed by atoms with Gasteiger partial charge in [-0.3, -0.25) is 4.72 Å². The van der Waals surface area contributed by atoms with E-state index in [1.54, 1.807) is 30.3 Å². The lowest BCUT2D eigenvalue weighted by Crippen LogP contribution is -2.14. The fourth-order valence-electron chi connectivity index (χ4n) is 3.96. The van der Waals surface area contributed by atoms with Crippen LogP contribution in [0.5, 0.6) is 5.88 Å². The van der Waals surface area contributed by atoms with Crippen molar-refractivity contribution in [3.8, 4) is 17.0 Å². The number of rotatable bonds is 6. The van der Waals surface area contributed by atoms with Crippen LogP contribution in [-0.4, -0.2) is 38.8 Å². The largest absolute Gasteiger partial charge is 0.512 e. The lowest BCUT2D eigenvalue weighted by Gasteiger charge is -2.19. The van der Waals surface area contributed by atoms with Gasteiger partial charge in [0, 0.05) is 36.4 Å². The number of carboxylic acid groups (broad SMARTS) is 1. The first kappa shape index (κ1) is 25.1. The Morgan fingerprint density at radius 1 is 0.972 bits per heavy atom. The van der Waals surface area contributed by atoms with E-state index >= 15 is 0 Å². The van der Waals surface area contributed by atoms with Crippen molar-refractivity contribution in [1.82, 2.24) is 4.98 Å². The SMILES string of the molecule is CN(C)c1ccc(-c2c(OC(=O)O)[nH]c3ccc(NS(=O)(=O)c4ccc(C(C)(C)C)cc4)cc23)cc1. The van der Waals surface area contributed by atoms with E-state index in [0.29, 0.717) is 22.2 Å². The summed E-state index contributed by atoms with van der Waals surface area (Å²) in [6.45, 7) is 6.19. The van der Waals surface area contributed by atoms with Gasteiger partial charge < -0.3 is 19.7 Å². The van der Waals surface area contributed by atoms with E-state index in [1.807, 2.05) is 55.4 Å². The van der Waals surface area contributed by atoms with E-state index in [9.17, 15) is 18.3 Å². The van der Waals surface area contributed by atoms with Gasteiger partial charge >= 0.3 is 6.16 Å². The van der Waals surface area contributed by atoms with Crippen LogP contribution in [0.3, 0.4) is 0 Å². The lowest BCUT2D eigenvalue weighted by atomic mass is 9.87. The zero-order valence-corrected chi connectivity index (χ0v) is 21.6. The van der Waals surface area contributed by atoms with Crippen LogP contribution in [0.4, 0.5) is 16.2 Å². The first-order chi connectivity index (χ1) is 16.8. The number of carbonyl (C=O) groups is 1. The van der Waals surface area contributed by atoms with Crippen molar-refractivity contribution < 1.29 is 23.1 Å². The van der Waals surface area contributed by atoms with Crippen LogP contribution in [0.1, 0.15) is 26.3 Å². The second kappa shape index (κ2) is 9.23. The zero-order valence-electron chi connectivity index (χ0n) is 20.8. The van der Waals surface area contributed by atoms with E-state index in [0.717, 1.165) is 16.8 Å². The maximum atomic E-state index is 13.1. The summed E-state index contributed by atoms with van der Waals surface area (Å²) in [5.41, 5.74) is 4.11. The van der Waals surface area contributed by atoms with Gasteiger partial charge in [-0.1, -0.05) is 45.0 Å². The van der Waals surface area contributed by atoms with E-state index in [4.69, 9.17) is 4.74 Å². The number of anilines is 2. The molecule has 0 radical (unpaired) electrons. The molecule has 0 aliphatic heterocycles. The number of hydrogen-bond donors (Lipinski definition) is 3. The molecular formula is C27H29N3O5S. The monoisotopic (exact) mass is 507 g/mol. The summed E-state index contributed by atoms with van der Waals surface area (Å²) in [6.07, 6.45) is -1.45. The number of aromatic nitrogens is 1. The van der Waals surface area contributed by atoms with Gasteiger partial charge in [-0.25, -0.2) is 13.2 Å². The first-order valence-electron chi connectivity index (χ1n) is 11.3. The second-order valence-corrected chi connectivity index (χ2v) is 11.5. The van der Waals surface area contributed by atoms with Crippen molar-refractivity contribution in [1.29, 1.82) is 0 Å². The number of nitrogens with one attached hydrogen (secondary N) is 2. The number of sulfonamides is 1. The Hall–Kier alpha value is -3.98. The van der Waals surface area contributed by atoms with Gasteiger partial charge in [-0.2, -0.15) is 0 Å². The average molecular weight is 508 g/mol. The molecule has 36 heavy (non-hydrogen) atoms. The molecule has 1 aromatic heterocycles. The van der Waals surface area contributed by atoms with Crippen LogP contribution in [0, 0.1) is 0 Å². The van der Waals surface area contributed by atoms with Crippen molar-refractivity contribution in [2.75, 3.05) is 23.7 Å². The summed E-state index contributed by atoms with van der Waals surface area (Å²) in [5, 5.41) is 9.86. The lowest BCUT2D eigenvalue weighted by molar-refractivity contribution is 0.143. The van der Waals surface area contributed by atoms with Crippen molar-refractivity contribution in [3.05, 3.63) is 72.3 Å². The maximum Gasteiger partial charge on any atom is 0.512 e. The molecule has 188 valence electrons. The van der Waals surface area contributed by atoms with Crippen molar-refractivity contribution in [3.63, 3.8) is 0 Å². The number of aromatic amines is 1. The number of ether oxygens (including phenoxy) is 1. The minimum absolute atomic E-state index is 0.0629. The van der Waals surface area contributed by atoms with Gasteiger partial charge in [-0.05, 0) is 59.0 Å². The van der Waals surface area contributed by atoms with Crippen LogP contribution >= 0.6 is 0 Å². The molecule has 0 saturated heterocycles. The fourth-order valence-corrected chi connectivity index (χ4v) is 5.01. The molecular weight excluding hydrogens is 478 g/mol. The van der Waals surface area contributed by atoms with Gasteiger partial charge in [0.05, 0.1) is 10.5 Å². The Kier molecular flexibility index (Phi) is 6.44. The highest BCUT2D eigenvalue weighted by atomic mass is 32.2. The predicted octanol–water partition coefficient (Wildman–Crippen LogP) is 6.06. The van der Waals surface area contributed by atoms with E-state index in [2.05, 4.69) is 30.5 Å². The Morgan fingerprint density at radius 3 is 2.17 bits per heavy atom. The highest BCUT2D eigenvalue weighted by molar-refractivity contribution is 7.92. The van der Waals surface area contributed by atoms with E-state index in [1.165, 1.54) is 0 Å². The fraction of sp³-hybridized carbons (Fsp3) is 0.222. The highest BCUT2D eigenvalue weighted by Gasteiger charge is 2.21. The molecule has 0 bridgehead atoms. The van der Waals surface area contributed by atoms with Gasteiger partial charge in [0.1, 0.15) is 0 Å². The predicted molar refractivity (Wildman–Crippen MR) is 143 cm³/mol. The van der Waals surface area contributed by atoms with Gasteiger partial charge in [-0.15, -0.1) is 0 Å². The van der Waals surface area contributed by atoms with Crippen molar-refractivity contribution in [2.45, 2.75) is 31.1 Å². The number of H-pyrrole nitrogens is 1. The van der Waals surface area contributed by atoms with E-state index < -0.39 is 16.2 Å². The standard InChI is InChI=1S/C27H29N3O5S/c1-27(2,3)18-8-13-21(14-9-18)36(33,34)29-19-10-15-23-22(16-19)24(25(28-23)35-26(31)32)17-6-11-20(12-7-17)30(4)5/h6-16,28-29H,1-5H3,(H,31,32). The molecule has 1 heterocycles. The van der Waals surface area contributed by atoms with Crippen LogP contribution in [0.15, 0.2) is 71.6 Å². The molecule has 0 spiro atoms. The minimum atomic E-state index is -3.84. The quantitative estimate of drug-likeness (QED) is 0.274. The van der Waals surface area contributed by atoms with Crippen molar-refractivity contribution in [2.24, 2.45) is 0 Å². The number of hydrogen-bond acceptors (Lipinski definition) is 5. The zero-order chi connectivity index (χ0) is 26.3. The molecule has 0 aliphatic carbocycles. The number of benzene rings is 3. The molecule has 4 rings (SSSR count). The first-order valence-corrected chi connectivity index (χ1v) is 12.8. The topological polar surface area (TPSA) is 112 Å². The normalized spacial score (nSPS) is 11.9. The third-order valence-electron chi connectivity index (χ3n) is 5.91. The molecule has 0 atom stereocenters.